The zero-order valence-corrected chi connectivity index (χ0v) is 18.7. The fourth-order valence-corrected chi connectivity index (χ4v) is 5.66. The second kappa shape index (κ2) is 8.21. The average Bonchev–Trinajstić information content (AvgIpc) is 2.92. The molecule has 2 heterocycles. The van der Waals surface area contributed by atoms with Gasteiger partial charge in [-0.2, -0.15) is 8.42 Å². The van der Waals surface area contributed by atoms with E-state index in [4.69, 9.17) is 23.2 Å². The van der Waals surface area contributed by atoms with E-state index in [0.717, 1.165) is 24.8 Å². The zero-order valence-electron chi connectivity index (χ0n) is 16.4. The highest BCUT2D eigenvalue weighted by Crippen LogP contribution is 2.38. The van der Waals surface area contributed by atoms with E-state index in [1.54, 1.807) is 19.1 Å². The van der Waals surface area contributed by atoms with E-state index in [1.165, 1.54) is 6.07 Å². The molecule has 4 rings (SSSR count). The summed E-state index contributed by atoms with van der Waals surface area (Å²) < 4.78 is 29.6. The molecule has 1 atom stereocenters. The second-order valence-electron chi connectivity index (χ2n) is 7.46. The lowest BCUT2D eigenvalue weighted by molar-refractivity contribution is 0.0940. The highest BCUT2D eigenvalue weighted by atomic mass is 35.5. The third kappa shape index (κ3) is 3.94. The highest BCUT2D eigenvalue weighted by molar-refractivity contribution is 7.90. The minimum absolute atomic E-state index is 0.00750. The first-order valence-electron chi connectivity index (χ1n) is 9.78. The first-order chi connectivity index (χ1) is 14.3. The van der Waals surface area contributed by atoms with Crippen molar-refractivity contribution in [2.45, 2.75) is 43.5 Å². The van der Waals surface area contributed by atoms with Crippen molar-refractivity contribution in [1.29, 1.82) is 0 Å². The van der Waals surface area contributed by atoms with E-state index >= 15 is 0 Å². The van der Waals surface area contributed by atoms with Crippen molar-refractivity contribution in [2.24, 2.45) is 4.40 Å². The molecular weight excluding hydrogens is 445 g/mol. The maximum atomic E-state index is 12.9. The Balaban J connectivity index is 1.69. The number of halogens is 2. The number of carbonyl (C=O) groups is 1. The van der Waals surface area contributed by atoms with Gasteiger partial charge in [0, 0.05) is 18.0 Å². The van der Waals surface area contributed by atoms with Gasteiger partial charge in [-0.3, -0.25) is 4.79 Å². The smallest absolute Gasteiger partial charge is 0.286 e. The number of amidine groups is 1. The molecule has 0 spiro atoms. The molecule has 30 heavy (non-hydrogen) atoms. The maximum Gasteiger partial charge on any atom is 0.286 e. The van der Waals surface area contributed by atoms with Crippen molar-refractivity contribution in [3.05, 3.63) is 57.6 Å². The van der Waals surface area contributed by atoms with Gasteiger partial charge in [0.1, 0.15) is 10.7 Å². The third-order valence-corrected chi connectivity index (χ3v) is 7.39. The zero-order chi connectivity index (χ0) is 21.5. The second-order valence-corrected chi connectivity index (χ2v) is 9.85. The van der Waals surface area contributed by atoms with Gasteiger partial charge in [0.05, 0.1) is 22.3 Å². The van der Waals surface area contributed by atoms with Crippen molar-refractivity contribution >= 4 is 50.7 Å². The van der Waals surface area contributed by atoms with Crippen LogP contribution in [0.15, 0.2) is 45.7 Å². The van der Waals surface area contributed by atoms with Crippen LogP contribution in [0.1, 0.15) is 54.6 Å². The third-order valence-electron chi connectivity index (χ3n) is 5.40. The van der Waals surface area contributed by atoms with Gasteiger partial charge in [0.25, 0.3) is 15.9 Å². The molecule has 9 heteroatoms. The fraction of sp³-hybridized carbons (Fsp3) is 0.333. The van der Waals surface area contributed by atoms with Crippen LogP contribution in [0, 0.1) is 0 Å². The number of nitrogens with zero attached hydrogens (tertiary/aromatic N) is 2. The van der Waals surface area contributed by atoms with E-state index in [2.05, 4.69) is 9.71 Å². The van der Waals surface area contributed by atoms with Crippen molar-refractivity contribution < 1.29 is 13.2 Å². The molecule has 2 aliphatic heterocycles. The normalized spacial score (nSPS) is 18.5. The van der Waals surface area contributed by atoms with Gasteiger partial charge < -0.3 is 10.2 Å². The van der Waals surface area contributed by atoms with Crippen LogP contribution >= 0.6 is 23.2 Å². The predicted octanol–water partition coefficient (Wildman–Crippen LogP) is 4.97. The quantitative estimate of drug-likeness (QED) is 0.693. The molecule has 0 aromatic heterocycles. The molecule has 2 aromatic rings. The predicted molar refractivity (Wildman–Crippen MR) is 119 cm³/mol. The largest absolute Gasteiger partial charge is 0.345 e. The number of fused-ring (bicyclic) bond motifs is 3. The summed E-state index contributed by atoms with van der Waals surface area (Å²) in [4.78, 5) is 14.8. The summed E-state index contributed by atoms with van der Waals surface area (Å²) >= 11 is 12.6. The van der Waals surface area contributed by atoms with Crippen molar-refractivity contribution in [2.75, 3.05) is 11.4 Å². The molecule has 1 amide bonds. The number of hydrogen-bond acceptors (Lipinski definition) is 4. The summed E-state index contributed by atoms with van der Waals surface area (Å²) in [5.41, 5.74) is 1.34. The summed E-state index contributed by atoms with van der Waals surface area (Å²) in [6.07, 6.45) is 3.45. The fourth-order valence-electron chi connectivity index (χ4n) is 3.85. The van der Waals surface area contributed by atoms with Crippen LogP contribution in [0.2, 0.25) is 10.0 Å². The molecule has 2 aromatic carbocycles. The molecule has 6 nitrogen and oxygen atoms in total. The molecule has 0 bridgehead atoms. The molecule has 1 fully saturated rings. The summed E-state index contributed by atoms with van der Waals surface area (Å²) in [7, 11) is -3.90. The standard InChI is InChI=1S/C21H21Cl2N3O3S/c1-13(14-7-4-5-8-16(14)22)24-21(27)15-11-19-18(12-17(15)23)26-10-6-2-3-9-20(26)25-30(19,28)29/h4-5,7-8,11-13H,2-3,6,9-10H2,1H3,(H,24,27)/t13-/m0/s1. The lowest BCUT2D eigenvalue weighted by atomic mass is 10.1. The topological polar surface area (TPSA) is 78.8 Å². The van der Waals surface area contributed by atoms with Crippen LogP contribution in [0.5, 0.6) is 0 Å². The number of anilines is 1. The van der Waals surface area contributed by atoms with Crippen LogP contribution in [0.4, 0.5) is 5.69 Å². The van der Waals surface area contributed by atoms with Gasteiger partial charge in [-0.1, -0.05) is 47.8 Å². The minimum atomic E-state index is -3.90. The molecule has 1 saturated heterocycles. The SMILES string of the molecule is C[C@H](NC(=O)c1cc2c(cc1Cl)N1CCCCCC1=NS2(=O)=O)c1ccccc1Cl. The van der Waals surface area contributed by atoms with Gasteiger partial charge in [0.15, 0.2) is 0 Å². The van der Waals surface area contributed by atoms with E-state index < -0.39 is 15.9 Å². The number of benzene rings is 2. The van der Waals surface area contributed by atoms with Crippen LogP contribution in [0.3, 0.4) is 0 Å². The Bertz CT molecular complexity index is 1150. The molecule has 0 unspecified atom stereocenters. The average molecular weight is 466 g/mol. The summed E-state index contributed by atoms with van der Waals surface area (Å²) in [5.74, 6) is 0.0664. The molecule has 0 aliphatic carbocycles. The highest BCUT2D eigenvalue weighted by Gasteiger charge is 2.33. The molecule has 0 saturated carbocycles. The van der Waals surface area contributed by atoms with Gasteiger partial charge in [0.2, 0.25) is 0 Å². The summed E-state index contributed by atoms with van der Waals surface area (Å²) in [6, 6.07) is 9.71. The lowest BCUT2D eigenvalue weighted by Crippen LogP contribution is -2.35. The Hall–Kier alpha value is -2.09. The van der Waals surface area contributed by atoms with Crippen LogP contribution in [-0.2, 0) is 10.0 Å². The van der Waals surface area contributed by atoms with Crippen molar-refractivity contribution in [3.8, 4) is 0 Å². The minimum Gasteiger partial charge on any atom is -0.345 e. The Labute approximate surface area is 185 Å². The van der Waals surface area contributed by atoms with Crippen molar-refractivity contribution in [3.63, 3.8) is 0 Å². The Morgan fingerprint density at radius 3 is 2.67 bits per heavy atom. The number of nitrogens with one attached hydrogen (secondary N) is 1. The Morgan fingerprint density at radius 2 is 1.90 bits per heavy atom. The Kier molecular flexibility index (Phi) is 5.79. The number of hydrogen-bond donors (Lipinski definition) is 1. The number of rotatable bonds is 3. The van der Waals surface area contributed by atoms with E-state index in [-0.39, 0.29) is 21.5 Å². The first-order valence-corrected chi connectivity index (χ1v) is 12.0. The van der Waals surface area contributed by atoms with Gasteiger partial charge in [-0.15, -0.1) is 4.40 Å². The van der Waals surface area contributed by atoms with E-state index in [1.807, 2.05) is 23.1 Å². The van der Waals surface area contributed by atoms with Gasteiger partial charge >= 0.3 is 0 Å². The van der Waals surface area contributed by atoms with E-state index in [9.17, 15) is 13.2 Å². The van der Waals surface area contributed by atoms with Gasteiger partial charge in [-0.05, 0) is 43.5 Å². The lowest BCUT2D eigenvalue weighted by Gasteiger charge is -2.30. The molecular formula is C21H21Cl2N3O3S. The molecule has 158 valence electrons. The summed E-state index contributed by atoms with van der Waals surface area (Å²) in [5, 5.41) is 3.57. The number of amides is 1. The maximum absolute atomic E-state index is 12.9. The number of carbonyl (C=O) groups excluding carboxylic acids is 1. The number of sulfonamides is 1. The first kappa shape index (κ1) is 21.2. The monoisotopic (exact) mass is 465 g/mol. The molecule has 2 aliphatic rings. The molecule has 0 radical (unpaired) electrons. The van der Waals surface area contributed by atoms with Gasteiger partial charge in [-0.25, -0.2) is 0 Å². The van der Waals surface area contributed by atoms with Crippen LogP contribution in [0.25, 0.3) is 0 Å². The van der Waals surface area contributed by atoms with Crippen LogP contribution in [-0.4, -0.2) is 26.7 Å². The molecule has 1 N–H and O–H groups in total. The Morgan fingerprint density at radius 1 is 1.13 bits per heavy atom. The van der Waals surface area contributed by atoms with Crippen LogP contribution < -0.4 is 10.2 Å². The summed E-state index contributed by atoms with van der Waals surface area (Å²) in [6.45, 7) is 2.47. The van der Waals surface area contributed by atoms with Crippen molar-refractivity contribution in [1.82, 2.24) is 5.32 Å². The van der Waals surface area contributed by atoms with E-state index in [0.29, 0.717) is 29.5 Å².